The normalized spacial score (nSPS) is 12.8. The summed E-state index contributed by atoms with van der Waals surface area (Å²) in [5.74, 6) is -0.232. The minimum Gasteiger partial charge on any atom is -0.494 e. The summed E-state index contributed by atoms with van der Waals surface area (Å²) in [4.78, 5) is 11.7. The van der Waals surface area contributed by atoms with E-state index < -0.39 is 21.0 Å². The number of methoxy groups -OCH3 is 1. The molecule has 18 heavy (non-hydrogen) atoms. The summed E-state index contributed by atoms with van der Waals surface area (Å²) in [5, 5.41) is 1.37. The Kier molecular flexibility index (Phi) is 4.18. The molecule has 7 heteroatoms. The van der Waals surface area contributed by atoms with Gasteiger partial charge in [0.15, 0.2) is 9.84 Å². The van der Waals surface area contributed by atoms with Gasteiger partial charge in [-0.2, -0.15) is 0 Å². The summed E-state index contributed by atoms with van der Waals surface area (Å²) in [6.07, 6.45) is 1.01. The number of rotatable bonds is 4. The lowest BCUT2D eigenvalue weighted by Crippen LogP contribution is -2.31. The van der Waals surface area contributed by atoms with Gasteiger partial charge in [-0.3, -0.25) is 4.79 Å². The molecule has 0 saturated carbocycles. The number of carbonyl (C=O) groups is 1. The second kappa shape index (κ2) is 5.26. The molecule has 1 aromatic rings. The zero-order valence-corrected chi connectivity index (χ0v) is 11.2. The summed E-state index contributed by atoms with van der Waals surface area (Å²) in [6.45, 7) is 1.33. The molecule has 0 heterocycles. The second-order valence-electron chi connectivity index (χ2n) is 3.92. The van der Waals surface area contributed by atoms with E-state index in [0.29, 0.717) is 17.1 Å². The SMILES string of the molecule is COc1cc(N)ccc1NC(=O)C(C)S(C)(=O)=O. The molecule has 0 aliphatic carbocycles. The number of ether oxygens (including phenoxy) is 1. The summed E-state index contributed by atoms with van der Waals surface area (Å²) < 4.78 is 27.6. The number of carbonyl (C=O) groups excluding carboxylic acids is 1. The third-order valence-corrected chi connectivity index (χ3v) is 3.99. The summed E-state index contributed by atoms with van der Waals surface area (Å²) >= 11 is 0. The van der Waals surface area contributed by atoms with Crippen LogP contribution in [0.1, 0.15) is 6.92 Å². The maximum Gasteiger partial charge on any atom is 0.242 e. The van der Waals surface area contributed by atoms with Crippen LogP contribution >= 0.6 is 0 Å². The van der Waals surface area contributed by atoms with Crippen LogP contribution < -0.4 is 15.8 Å². The first kappa shape index (κ1) is 14.3. The van der Waals surface area contributed by atoms with Crippen molar-refractivity contribution in [3.8, 4) is 5.75 Å². The Bertz CT molecular complexity index is 554. The van der Waals surface area contributed by atoms with E-state index in [-0.39, 0.29) is 0 Å². The monoisotopic (exact) mass is 272 g/mol. The van der Waals surface area contributed by atoms with E-state index in [1.807, 2.05) is 0 Å². The number of hydrogen-bond donors (Lipinski definition) is 2. The van der Waals surface area contributed by atoms with E-state index in [9.17, 15) is 13.2 Å². The molecular weight excluding hydrogens is 256 g/mol. The first-order valence-corrected chi connectivity index (χ1v) is 7.14. The lowest BCUT2D eigenvalue weighted by atomic mass is 10.2. The molecule has 1 aromatic carbocycles. The molecule has 3 N–H and O–H groups in total. The predicted octanol–water partition coefficient (Wildman–Crippen LogP) is 0.649. The number of anilines is 2. The highest BCUT2D eigenvalue weighted by Gasteiger charge is 2.24. The van der Waals surface area contributed by atoms with Crippen LogP contribution in [0.25, 0.3) is 0 Å². The average molecular weight is 272 g/mol. The fourth-order valence-electron chi connectivity index (χ4n) is 1.24. The Morgan fingerprint density at radius 2 is 2.06 bits per heavy atom. The number of nitrogen functional groups attached to an aromatic ring is 1. The fourth-order valence-corrected chi connectivity index (χ4v) is 1.69. The molecule has 0 spiro atoms. The summed E-state index contributed by atoms with van der Waals surface area (Å²) in [7, 11) is -1.99. The van der Waals surface area contributed by atoms with Gasteiger partial charge in [-0.15, -0.1) is 0 Å². The van der Waals surface area contributed by atoms with Crippen molar-refractivity contribution in [2.75, 3.05) is 24.4 Å². The van der Waals surface area contributed by atoms with Gasteiger partial charge in [-0.05, 0) is 19.1 Å². The second-order valence-corrected chi connectivity index (χ2v) is 6.29. The van der Waals surface area contributed by atoms with E-state index in [1.165, 1.54) is 14.0 Å². The minimum atomic E-state index is -3.43. The highest BCUT2D eigenvalue weighted by atomic mass is 32.2. The van der Waals surface area contributed by atoms with E-state index in [0.717, 1.165) is 6.26 Å². The number of nitrogens with two attached hydrogens (primary N) is 1. The molecule has 0 aliphatic rings. The van der Waals surface area contributed by atoms with Crippen LogP contribution in [-0.4, -0.2) is 32.9 Å². The summed E-state index contributed by atoms with van der Waals surface area (Å²) in [6, 6.07) is 4.69. The molecule has 0 radical (unpaired) electrons. The van der Waals surface area contributed by atoms with Crippen LogP contribution in [0.15, 0.2) is 18.2 Å². The van der Waals surface area contributed by atoms with Crippen LogP contribution in [0.5, 0.6) is 5.75 Å². The van der Waals surface area contributed by atoms with E-state index in [2.05, 4.69) is 5.32 Å². The van der Waals surface area contributed by atoms with Gasteiger partial charge in [0.05, 0.1) is 12.8 Å². The van der Waals surface area contributed by atoms with Gasteiger partial charge >= 0.3 is 0 Å². The Hall–Kier alpha value is -1.76. The lowest BCUT2D eigenvalue weighted by molar-refractivity contribution is -0.115. The Morgan fingerprint density at radius 3 is 2.56 bits per heavy atom. The van der Waals surface area contributed by atoms with Crippen LogP contribution in [0.3, 0.4) is 0 Å². The smallest absolute Gasteiger partial charge is 0.242 e. The predicted molar refractivity (Wildman–Crippen MR) is 70.3 cm³/mol. The van der Waals surface area contributed by atoms with Gasteiger partial charge in [0.1, 0.15) is 11.0 Å². The molecule has 6 nitrogen and oxygen atoms in total. The highest BCUT2D eigenvalue weighted by molar-refractivity contribution is 7.92. The Balaban J connectivity index is 2.95. The molecule has 1 amide bonds. The number of nitrogens with one attached hydrogen (secondary N) is 1. The molecule has 0 saturated heterocycles. The third-order valence-electron chi connectivity index (χ3n) is 2.49. The molecule has 1 unspecified atom stereocenters. The van der Waals surface area contributed by atoms with Gasteiger partial charge in [-0.1, -0.05) is 0 Å². The van der Waals surface area contributed by atoms with Gasteiger partial charge in [0.25, 0.3) is 0 Å². The molecule has 0 bridgehead atoms. The number of benzene rings is 1. The molecule has 0 aliphatic heterocycles. The first-order valence-electron chi connectivity index (χ1n) is 5.19. The van der Waals surface area contributed by atoms with Crippen LogP contribution in [0, 0.1) is 0 Å². The van der Waals surface area contributed by atoms with Crippen molar-refractivity contribution in [1.29, 1.82) is 0 Å². The molecule has 0 aromatic heterocycles. The van der Waals surface area contributed by atoms with E-state index >= 15 is 0 Å². The van der Waals surface area contributed by atoms with Gasteiger partial charge in [-0.25, -0.2) is 8.42 Å². The van der Waals surface area contributed by atoms with Crippen molar-refractivity contribution in [3.05, 3.63) is 18.2 Å². The van der Waals surface area contributed by atoms with Gasteiger partial charge < -0.3 is 15.8 Å². The van der Waals surface area contributed by atoms with Crippen molar-refractivity contribution in [2.24, 2.45) is 0 Å². The van der Waals surface area contributed by atoms with Gasteiger partial charge in [0, 0.05) is 18.0 Å². The zero-order valence-electron chi connectivity index (χ0n) is 10.4. The van der Waals surface area contributed by atoms with Crippen molar-refractivity contribution in [3.63, 3.8) is 0 Å². The van der Waals surface area contributed by atoms with Gasteiger partial charge in [0.2, 0.25) is 5.91 Å². The highest BCUT2D eigenvalue weighted by Crippen LogP contribution is 2.26. The maximum absolute atomic E-state index is 11.7. The van der Waals surface area contributed by atoms with Crippen molar-refractivity contribution in [1.82, 2.24) is 0 Å². The van der Waals surface area contributed by atoms with Crippen LogP contribution in [0.4, 0.5) is 11.4 Å². The molecule has 0 fully saturated rings. The zero-order chi connectivity index (χ0) is 13.9. The molecular formula is C11H16N2O4S. The van der Waals surface area contributed by atoms with E-state index in [4.69, 9.17) is 10.5 Å². The average Bonchev–Trinajstić information content (AvgIpc) is 2.29. The molecule has 1 atom stereocenters. The Morgan fingerprint density at radius 1 is 1.44 bits per heavy atom. The van der Waals surface area contributed by atoms with Crippen molar-refractivity contribution >= 4 is 27.1 Å². The van der Waals surface area contributed by atoms with Crippen LogP contribution in [-0.2, 0) is 14.6 Å². The third kappa shape index (κ3) is 3.36. The number of amides is 1. The summed E-state index contributed by atoms with van der Waals surface area (Å²) in [5.41, 5.74) is 6.44. The van der Waals surface area contributed by atoms with Crippen molar-refractivity contribution in [2.45, 2.75) is 12.2 Å². The maximum atomic E-state index is 11.7. The standard InChI is InChI=1S/C11H16N2O4S/c1-7(18(3,15)16)11(14)13-9-5-4-8(12)6-10(9)17-2/h4-7H,12H2,1-3H3,(H,13,14). The minimum absolute atomic E-state index is 0.379. The quantitative estimate of drug-likeness (QED) is 0.784. The Labute approximate surface area is 106 Å². The topological polar surface area (TPSA) is 98.5 Å². The van der Waals surface area contributed by atoms with E-state index in [1.54, 1.807) is 18.2 Å². The lowest BCUT2D eigenvalue weighted by Gasteiger charge is -2.13. The molecule has 1 rings (SSSR count). The van der Waals surface area contributed by atoms with Crippen molar-refractivity contribution < 1.29 is 17.9 Å². The number of hydrogen-bond acceptors (Lipinski definition) is 5. The first-order chi connectivity index (χ1) is 8.25. The largest absolute Gasteiger partial charge is 0.494 e. The molecule has 100 valence electrons. The van der Waals surface area contributed by atoms with Crippen LogP contribution in [0.2, 0.25) is 0 Å². The fraction of sp³-hybridized carbons (Fsp3) is 0.364. The number of sulfone groups is 1.